The number of hydrogen-bond acceptors (Lipinski definition) is 5. The van der Waals surface area contributed by atoms with Crippen LogP contribution in [0.2, 0.25) is 0 Å². The van der Waals surface area contributed by atoms with Crippen molar-refractivity contribution in [3.63, 3.8) is 0 Å². The van der Waals surface area contributed by atoms with Crippen LogP contribution in [0.25, 0.3) is 10.9 Å². The van der Waals surface area contributed by atoms with Crippen LogP contribution in [0.3, 0.4) is 0 Å². The van der Waals surface area contributed by atoms with Gasteiger partial charge in [-0.2, -0.15) is 22.0 Å². The molecule has 0 aliphatic carbocycles. The average molecular weight is 557 g/mol. The van der Waals surface area contributed by atoms with Gasteiger partial charge in [0, 0.05) is 48.3 Å². The zero-order valence-electron chi connectivity index (χ0n) is 21.4. The number of para-hydroxylation sites is 1. The summed E-state index contributed by atoms with van der Waals surface area (Å²) in [4.78, 5) is 10.9. The third-order valence-corrected chi connectivity index (χ3v) is 7.35. The maximum absolute atomic E-state index is 13.7. The van der Waals surface area contributed by atoms with Crippen molar-refractivity contribution >= 4 is 10.9 Å². The van der Waals surface area contributed by atoms with Crippen LogP contribution in [-0.4, -0.2) is 77.6 Å². The summed E-state index contributed by atoms with van der Waals surface area (Å²) in [5, 5.41) is 0.867. The fourth-order valence-corrected chi connectivity index (χ4v) is 5.72. The van der Waals surface area contributed by atoms with E-state index in [0.717, 1.165) is 16.5 Å². The van der Waals surface area contributed by atoms with Crippen molar-refractivity contribution in [1.29, 1.82) is 0 Å². The first-order chi connectivity index (χ1) is 18.6. The molecule has 0 bridgehead atoms. The Labute approximate surface area is 221 Å². The summed E-state index contributed by atoms with van der Waals surface area (Å²) < 4.78 is 91.6. The van der Waals surface area contributed by atoms with Crippen molar-refractivity contribution < 1.29 is 35.8 Å². The van der Waals surface area contributed by atoms with Crippen LogP contribution in [0.4, 0.5) is 26.3 Å². The largest absolute Gasteiger partial charge is 0.487 e. The first-order valence-corrected chi connectivity index (χ1v) is 12.9. The number of fused-ring (bicyclic) bond motifs is 3. The molecule has 5 rings (SSSR count). The molecule has 1 N–H and O–H groups in total. The van der Waals surface area contributed by atoms with E-state index in [0.29, 0.717) is 44.6 Å². The van der Waals surface area contributed by atoms with E-state index in [1.54, 1.807) is 6.92 Å². The van der Waals surface area contributed by atoms with Gasteiger partial charge in [0.15, 0.2) is 5.75 Å². The number of halogens is 6. The summed E-state index contributed by atoms with van der Waals surface area (Å²) in [5.41, 5.74) is 1.98. The van der Waals surface area contributed by atoms with E-state index in [1.807, 2.05) is 24.3 Å². The first-order valence-electron chi connectivity index (χ1n) is 12.9. The SMILES string of the molecule is C[C@@H]1Cc2c([nH]c3ccccc23)[C@@H](c2ncc(O[C@H]3CCN(CCCF)C3)cc2OC(F)F)N1CC(F)(F)F. The monoisotopic (exact) mass is 556 g/mol. The van der Waals surface area contributed by atoms with E-state index < -0.39 is 38.1 Å². The number of likely N-dealkylation sites (tertiary alicyclic amines) is 1. The predicted octanol–water partition coefficient (Wildman–Crippen LogP) is 5.88. The van der Waals surface area contributed by atoms with Gasteiger partial charge in [-0.25, -0.2) is 0 Å². The molecule has 1 aromatic carbocycles. The fourth-order valence-electron chi connectivity index (χ4n) is 5.72. The zero-order valence-corrected chi connectivity index (χ0v) is 21.4. The highest BCUT2D eigenvalue weighted by Gasteiger charge is 2.43. The summed E-state index contributed by atoms with van der Waals surface area (Å²) in [6.07, 6.45) is -2.02. The Hall–Kier alpha value is -2.99. The molecule has 39 heavy (non-hydrogen) atoms. The number of alkyl halides is 6. The number of pyridine rings is 1. The lowest BCUT2D eigenvalue weighted by molar-refractivity contribution is -0.156. The quantitative estimate of drug-likeness (QED) is 0.334. The Morgan fingerprint density at radius 2 is 2.00 bits per heavy atom. The highest BCUT2D eigenvalue weighted by Crippen LogP contribution is 2.44. The van der Waals surface area contributed by atoms with E-state index in [2.05, 4.69) is 14.9 Å². The Morgan fingerprint density at radius 3 is 2.74 bits per heavy atom. The Balaban J connectivity index is 1.53. The fraction of sp³-hybridized carbons (Fsp3) is 0.519. The number of hydrogen-bond donors (Lipinski definition) is 1. The molecule has 0 unspecified atom stereocenters. The maximum atomic E-state index is 13.7. The molecular formula is C27H30F6N4O2. The minimum atomic E-state index is -4.53. The van der Waals surface area contributed by atoms with Crippen LogP contribution in [-0.2, 0) is 6.42 Å². The molecule has 0 radical (unpaired) electrons. The number of nitrogens with zero attached hydrogens (tertiary/aromatic N) is 3. The Bertz CT molecular complexity index is 1280. The molecule has 1 saturated heterocycles. The molecule has 3 aromatic rings. The molecule has 2 aliphatic rings. The number of benzene rings is 1. The second kappa shape index (κ2) is 11.2. The average Bonchev–Trinajstić information content (AvgIpc) is 3.47. The van der Waals surface area contributed by atoms with Gasteiger partial charge in [0.1, 0.15) is 17.5 Å². The molecule has 12 heteroatoms. The molecule has 0 amide bonds. The number of rotatable bonds is 9. The van der Waals surface area contributed by atoms with Gasteiger partial charge in [-0.15, -0.1) is 0 Å². The molecule has 3 atom stereocenters. The summed E-state index contributed by atoms with van der Waals surface area (Å²) >= 11 is 0. The molecule has 212 valence electrons. The van der Waals surface area contributed by atoms with Crippen molar-refractivity contribution in [2.75, 3.05) is 32.9 Å². The van der Waals surface area contributed by atoms with Crippen molar-refractivity contribution in [2.24, 2.45) is 0 Å². The van der Waals surface area contributed by atoms with Crippen LogP contribution in [0, 0.1) is 0 Å². The van der Waals surface area contributed by atoms with E-state index in [1.165, 1.54) is 17.2 Å². The van der Waals surface area contributed by atoms with Crippen LogP contribution < -0.4 is 9.47 Å². The standard InChI is InChI=1S/C27H30F6N4O2/c1-16-11-20-19-5-2-3-6-21(19)35-23(20)25(37(16)15-27(31,32)33)24-22(39-26(29)30)12-18(13-34-24)38-17-7-10-36(14-17)9-4-8-28/h2-3,5-6,12-13,16-17,25-26,35H,4,7-11,14-15H2,1H3/t16-,17+,25+/m1/s1. The molecule has 0 spiro atoms. The molecule has 2 aromatic heterocycles. The van der Waals surface area contributed by atoms with Gasteiger partial charge in [-0.05, 0) is 37.8 Å². The molecule has 2 aliphatic heterocycles. The molecular weight excluding hydrogens is 526 g/mol. The Morgan fingerprint density at radius 1 is 1.21 bits per heavy atom. The first kappa shape index (κ1) is 27.6. The van der Waals surface area contributed by atoms with Crippen molar-refractivity contribution in [1.82, 2.24) is 19.8 Å². The van der Waals surface area contributed by atoms with Crippen LogP contribution in [0.1, 0.15) is 42.8 Å². The molecule has 6 nitrogen and oxygen atoms in total. The predicted molar refractivity (Wildman–Crippen MR) is 133 cm³/mol. The highest BCUT2D eigenvalue weighted by atomic mass is 19.4. The number of aromatic amines is 1. The number of aromatic nitrogens is 2. The lowest BCUT2D eigenvalue weighted by atomic mass is 9.90. The lowest BCUT2D eigenvalue weighted by Crippen LogP contribution is -2.47. The number of nitrogens with one attached hydrogen (secondary N) is 1. The second-order valence-electron chi connectivity index (χ2n) is 10.1. The van der Waals surface area contributed by atoms with Gasteiger partial charge < -0.3 is 14.5 Å². The van der Waals surface area contributed by atoms with Gasteiger partial charge >= 0.3 is 12.8 Å². The maximum Gasteiger partial charge on any atom is 0.401 e. The summed E-state index contributed by atoms with van der Waals surface area (Å²) in [6, 6.07) is 6.96. The van der Waals surface area contributed by atoms with E-state index in [4.69, 9.17) is 9.47 Å². The minimum absolute atomic E-state index is 0.0535. The molecule has 1 fully saturated rings. The highest BCUT2D eigenvalue weighted by molar-refractivity contribution is 5.85. The molecule has 4 heterocycles. The van der Waals surface area contributed by atoms with Gasteiger partial charge in [0.2, 0.25) is 0 Å². The van der Waals surface area contributed by atoms with Crippen LogP contribution >= 0.6 is 0 Å². The van der Waals surface area contributed by atoms with E-state index >= 15 is 0 Å². The van der Waals surface area contributed by atoms with Gasteiger partial charge in [-0.3, -0.25) is 19.2 Å². The van der Waals surface area contributed by atoms with Gasteiger partial charge in [-0.1, -0.05) is 18.2 Å². The normalized spacial score (nSPS) is 22.5. The smallest absolute Gasteiger partial charge is 0.401 e. The van der Waals surface area contributed by atoms with Gasteiger partial charge in [0.25, 0.3) is 0 Å². The van der Waals surface area contributed by atoms with Crippen molar-refractivity contribution in [2.45, 2.75) is 57.2 Å². The third kappa shape index (κ3) is 6.11. The number of H-pyrrole nitrogens is 1. The minimum Gasteiger partial charge on any atom is -0.487 e. The Kier molecular flexibility index (Phi) is 7.95. The van der Waals surface area contributed by atoms with Crippen LogP contribution in [0.5, 0.6) is 11.5 Å². The van der Waals surface area contributed by atoms with E-state index in [9.17, 15) is 26.3 Å². The van der Waals surface area contributed by atoms with E-state index in [-0.39, 0.29) is 23.3 Å². The zero-order chi connectivity index (χ0) is 27.7. The summed E-state index contributed by atoms with van der Waals surface area (Å²) in [6.45, 7) is -1.35. The summed E-state index contributed by atoms with van der Waals surface area (Å²) in [7, 11) is 0. The lowest BCUT2D eigenvalue weighted by Gasteiger charge is -2.41. The molecule has 0 saturated carbocycles. The van der Waals surface area contributed by atoms with Crippen LogP contribution in [0.15, 0.2) is 36.5 Å². The van der Waals surface area contributed by atoms with Crippen molar-refractivity contribution in [3.8, 4) is 11.5 Å². The number of ether oxygens (including phenoxy) is 2. The van der Waals surface area contributed by atoms with Gasteiger partial charge in [0.05, 0.1) is 25.5 Å². The summed E-state index contributed by atoms with van der Waals surface area (Å²) in [5.74, 6) is -0.166. The topological polar surface area (TPSA) is 53.6 Å². The third-order valence-electron chi connectivity index (χ3n) is 7.35. The van der Waals surface area contributed by atoms with Crippen molar-refractivity contribution in [3.05, 3.63) is 53.5 Å². The second-order valence-corrected chi connectivity index (χ2v) is 10.1.